The summed E-state index contributed by atoms with van der Waals surface area (Å²) in [5, 5.41) is 4.29. The van der Waals surface area contributed by atoms with E-state index < -0.39 is 11.9 Å². The largest absolute Gasteiger partial charge is 0.419 e. The molecule has 90 valence electrons. The zero-order chi connectivity index (χ0) is 12.7. The summed E-state index contributed by atoms with van der Waals surface area (Å²) in [6, 6.07) is 3.09. The minimum atomic E-state index is -0.652. The van der Waals surface area contributed by atoms with E-state index in [-0.39, 0.29) is 11.5 Å². The van der Waals surface area contributed by atoms with E-state index in [2.05, 4.69) is 5.16 Å². The molecule has 0 spiro atoms. The number of hydrogen-bond acceptors (Lipinski definition) is 6. The monoisotopic (exact) mass is 245 g/mol. The Morgan fingerprint density at radius 2 is 1.78 bits per heavy atom. The van der Waals surface area contributed by atoms with Crippen LogP contribution in [0.3, 0.4) is 0 Å². The molecule has 0 saturated carbocycles. The molecule has 6 heteroatoms. The standard InChI is InChI=1S/C12H7NO5/c1-6-11-7(18-13-6)2-3-8-12(11)17-10(15)5-4-9(14)16-8/h2-5H,1H3/b5-4+. The van der Waals surface area contributed by atoms with Gasteiger partial charge >= 0.3 is 11.9 Å². The van der Waals surface area contributed by atoms with Gasteiger partial charge in [0, 0.05) is 12.2 Å². The first-order chi connectivity index (χ1) is 8.65. The molecule has 6 nitrogen and oxygen atoms in total. The van der Waals surface area contributed by atoms with E-state index in [0.29, 0.717) is 16.7 Å². The first-order valence-corrected chi connectivity index (χ1v) is 5.16. The predicted octanol–water partition coefficient (Wildman–Crippen LogP) is 1.52. The van der Waals surface area contributed by atoms with Crippen molar-refractivity contribution in [1.82, 2.24) is 5.16 Å². The highest BCUT2D eigenvalue weighted by atomic mass is 16.6. The van der Waals surface area contributed by atoms with Crippen LogP contribution in [0.25, 0.3) is 11.0 Å². The van der Waals surface area contributed by atoms with Crippen LogP contribution in [-0.4, -0.2) is 17.1 Å². The molecule has 2 heterocycles. The fourth-order valence-corrected chi connectivity index (χ4v) is 1.72. The van der Waals surface area contributed by atoms with Crippen molar-refractivity contribution in [3.05, 3.63) is 30.0 Å². The van der Waals surface area contributed by atoms with Crippen LogP contribution in [0, 0.1) is 6.92 Å². The lowest BCUT2D eigenvalue weighted by Gasteiger charge is -2.11. The summed E-state index contributed by atoms with van der Waals surface area (Å²) in [5.41, 5.74) is 1.01. The lowest BCUT2D eigenvalue weighted by atomic mass is 10.2. The van der Waals surface area contributed by atoms with Crippen molar-refractivity contribution in [2.45, 2.75) is 6.92 Å². The maximum atomic E-state index is 11.5. The normalized spacial score (nSPS) is 16.5. The van der Waals surface area contributed by atoms with Crippen molar-refractivity contribution >= 4 is 22.9 Å². The fourth-order valence-electron chi connectivity index (χ4n) is 1.72. The molecular weight excluding hydrogens is 238 g/mol. The van der Waals surface area contributed by atoms with Gasteiger partial charge in [0.2, 0.25) is 0 Å². The Kier molecular flexibility index (Phi) is 2.16. The van der Waals surface area contributed by atoms with E-state index in [1.54, 1.807) is 13.0 Å². The number of carbonyl (C=O) groups is 2. The molecule has 2 aromatic rings. The van der Waals surface area contributed by atoms with Gasteiger partial charge in [-0.1, -0.05) is 5.16 Å². The number of aryl methyl sites for hydroxylation is 1. The van der Waals surface area contributed by atoms with Gasteiger partial charge in [-0.05, 0) is 19.1 Å². The van der Waals surface area contributed by atoms with E-state index in [4.69, 9.17) is 14.0 Å². The summed E-state index contributed by atoms with van der Waals surface area (Å²) in [4.78, 5) is 22.8. The molecular formula is C12H7NO5. The number of ether oxygens (including phenoxy) is 2. The Morgan fingerprint density at radius 1 is 1.06 bits per heavy atom. The molecule has 3 rings (SSSR count). The van der Waals surface area contributed by atoms with Crippen LogP contribution >= 0.6 is 0 Å². The van der Waals surface area contributed by atoms with Gasteiger partial charge in [0.1, 0.15) is 0 Å². The molecule has 1 aliphatic rings. The van der Waals surface area contributed by atoms with E-state index in [0.717, 1.165) is 12.2 Å². The zero-order valence-corrected chi connectivity index (χ0v) is 9.30. The average Bonchev–Trinajstić information content (AvgIpc) is 2.70. The molecule has 0 N–H and O–H groups in total. The molecule has 0 atom stereocenters. The van der Waals surface area contributed by atoms with Crippen LogP contribution in [0.2, 0.25) is 0 Å². The zero-order valence-electron chi connectivity index (χ0n) is 9.30. The summed E-state index contributed by atoms with van der Waals surface area (Å²) in [6.45, 7) is 1.70. The van der Waals surface area contributed by atoms with Gasteiger partial charge in [-0.15, -0.1) is 0 Å². The summed E-state index contributed by atoms with van der Waals surface area (Å²) < 4.78 is 15.2. The third-order valence-electron chi connectivity index (χ3n) is 2.49. The average molecular weight is 245 g/mol. The van der Waals surface area contributed by atoms with E-state index in [9.17, 15) is 9.59 Å². The van der Waals surface area contributed by atoms with Crippen LogP contribution in [0.4, 0.5) is 0 Å². The first kappa shape index (κ1) is 10.5. The van der Waals surface area contributed by atoms with Crippen LogP contribution in [0.1, 0.15) is 5.69 Å². The smallest absolute Gasteiger partial charge is 0.336 e. The second-order valence-corrected chi connectivity index (χ2v) is 3.71. The second-order valence-electron chi connectivity index (χ2n) is 3.71. The number of carbonyl (C=O) groups excluding carboxylic acids is 2. The number of hydrogen-bond donors (Lipinski definition) is 0. The van der Waals surface area contributed by atoms with Crippen molar-refractivity contribution in [2.24, 2.45) is 0 Å². The van der Waals surface area contributed by atoms with E-state index in [1.165, 1.54) is 6.07 Å². The van der Waals surface area contributed by atoms with Crippen molar-refractivity contribution in [1.29, 1.82) is 0 Å². The van der Waals surface area contributed by atoms with Crippen molar-refractivity contribution < 1.29 is 23.6 Å². The number of esters is 2. The highest BCUT2D eigenvalue weighted by molar-refractivity contribution is 5.99. The summed E-state index contributed by atoms with van der Waals surface area (Å²) >= 11 is 0. The molecule has 0 aliphatic carbocycles. The highest BCUT2D eigenvalue weighted by Gasteiger charge is 2.21. The van der Waals surface area contributed by atoms with Crippen LogP contribution in [0.5, 0.6) is 11.5 Å². The minimum Gasteiger partial charge on any atom is -0.419 e. The van der Waals surface area contributed by atoms with E-state index >= 15 is 0 Å². The lowest BCUT2D eigenvalue weighted by molar-refractivity contribution is -0.133. The molecule has 1 aromatic heterocycles. The molecule has 0 unspecified atom stereocenters. The third kappa shape index (κ3) is 1.55. The van der Waals surface area contributed by atoms with Crippen LogP contribution in [-0.2, 0) is 9.59 Å². The highest BCUT2D eigenvalue weighted by Crippen LogP contribution is 2.38. The fraction of sp³-hybridized carbons (Fsp3) is 0.0833. The number of benzene rings is 1. The SMILES string of the molecule is Cc1noc2ccc3c(c12)OC(=O)/C=C/C(=O)O3. The van der Waals surface area contributed by atoms with E-state index in [1.807, 2.05) is 0 Å². The van der Waals surface area contributed by atoms with Crippen molar-refractivity contribution in [3.8, 4) is 11.5 Å². The van der Waals surface area contributed by atoms with Gasteiger partial charge in [-0.2, -0.15) is 0 Å². The molecule has 0 saturated heterocycles. The number of nitrogens with zero attached hydrogens (tertiary/aromatic N) is 1. The Balaban J connectivity index is 2.29. The maximum absolute atomic E-state index is 11.5. The van der Waals surface area contributed by atoms with Crippen LogP contribution < -0.4 is 9.47 Å². The molecule has 0 fully saturated rings. The number of rotatable bonds is 0. The Bertz CT molecular complexity index is 698. The lowest BCUT2D eigenvalue weighted by Crippen LogP contribution is -2.13. The van der Waals surface area contributed by atoms with Crippen molar-refractivity contribution in [2.75, 3.05) is 0 Å². The Morgan fingerprint density at radius 3 is 2.56 bits per heavy atom. The molecule has 1 aliphatic heterocycles. The van der Waals surface area contributed by atoms with Gasteiger partial charge in [0.15, 0.2) is 17.1 Å². The first-order valence-electron chi connectivity index (χ1n) is 5.16. The molecule has 1 aromatic carbocycles. The number of aromatic nitrogens is 1. The number of fused-ring (bicyclic) bond motifs is 3. The van der Waals surface area contributed by atoms with Gasteiger partial charge in [0.25, 0.3) is 0 Å². The quantitative estimate of drug-likeness (QED) is 0.517. The molecule has 0 amide bonds. The summed E-state index contributed by atoms with van der Waals surface area (Å²) in [7, 11) is 0. The molecule has 0 bridgehead atoms. The van der Waals surface area contributed by atoms with Gasteiger partial charge < -0.3 is 14.0 Å². The second kappa shape index (κ2) is 3.69. The summed E-state index contributed by atoms with van der Waals surface area (Å²) in [6.07, 6.45) is 2.02. The Labute approximate surface area is 101 Å². The Hall–Kier alpha value is -2.63. The van der Waals surface area contributed by atoms with Crippen molar-refractivity contribution in [3.63, 3.8) is 0 Å². The summed E-state index contributed by atoms with van der Waals surface area (Å²) in [5.74, 6) is -0.979. The van der Waals surface area contributed by atoms with Crippen LogP contribution in [0.15, 0.2) is 28.8 Å². The maximum Gasteiger partial charge on any atom is 0.336 e. The van der Waals surface area contributed by atoms with Gasteiger partial charge in [0.05, 0.1) is 11.1 Å². The minimum absolute atomic E-state index is 0.147. The van der Waals surface area contributed by atoms with Gasteiger partial charge in [-0.25, -0.2) is 9.59 Å². The predicted molar refractivity (Wildman–Crippen MR) is 59.2 cm³/mol. The van der Waals surface area contributed by atoms with Gasteiger partial charge in [-0.3, -0.25) is 0 Å². The topological polar surface area (TPSA) is 78.6 Å². The molecule has 18 heavy (non-hydrogen) atoms. The third-order valence-corrected chi connectivity index (χ3v) is 2.49. The molecule has 0 radical (unpaired) electrons.